The molecule has 1 saturated heterocycles. The van der Waals surface area contributed by atoms with Crippen molar-refractivity contribution < 1.29 is 22.4 Å². The van der Waals surface area contributed by atoms with Crippen molar-refractivity contribution in [1.29, 1.82) is 0 Å². The van der Waals surface area contributed by atoms with Crippen LogP contribution in [0.25, 0.3) is 0 Å². The van der Waals surface area contributed by atoms with Crippen LogP contribution in [0, 0.1) is 5.82 Å². The average molecular weight is 371 g/mol. The van der Waals surface area contributed by atoms with Crippen molar-refractivity contribution in [3.05, 3.63) is 30.1 Å². The maximum atomic E-state index is 13.4. The van der Waals surface area contributed by atoms with Crippen LogP contribution in [0.4, 0.5) is 10.1 Å². The number of hydrogen-bond acceptors (Lipinski definition) is 5. The maximum Gasteiger partial charge on any atom is 0.247 e. The van der Waals surface area contributed by atoms with E-state index in [0.29, 0.717) is 18.7 Å². The molecule has 1 fully saturated rings. The minimum absolute atomic E-state index is 0.0891. The molecule has 0 bridgehead atoms. The van der Waals surface area contributed by atoms with Crippen molar-refractivity contribution in [3.63, 3.8) is 0 Å². The van der Waals surface area contributed by atoms with Gasteiger partial charge >= 0.3 is 0 Å². The summed E-state index contributed by atoms with van der Waals surface area (Å²) in [5, 5.41) is 5.61. The first-order chi connectivity index (χ1) is 11.6. The molecule has 0 saturated carbocycles. The van der Waals surface area contributed by atoms with Crippen LogP contribution in [-0.4, -0.2) is 62.8 Å². The van der Waals surface area contributed by atoms with Gasteiger partial charge in [0.2, 0.25) is 11.8 Å². The minimum atomic E-state index is -3.24. The molecule has 1 aromatic carbocycles. The molecule has 9 heteroatoms. The van der Waals surface area contributed by atoms with Crippen LogP contribution in [0.5, 0.6) is 0 Å². The Kier molecular flexibility index (Phi) is 5.66. The van der Waals surface area contributed by atoms with Gasteiger partial charge in [0.05, 0.1) is 12.3 Å². The summed E-state index contributed by atoms with van der Waals surface area (Å²) in [6.45, 7) is 0.407. The van der Waals surface area contributed by atoms with E-state index in [2.05, 4.69) is 10.6 Å². The lowest BCUT2D eigenvalue weighted by atomic mass is 9.96. The van der Waals surface area contributed by atoms with Crippen molar-refractivity contribution in [3.8, 4) is 0 Å². The summed E-state index contributed by atoms with van der Waals surface area (Å²) < 4.78 is 35.8. The van der Waals surface area contributed by atoms with Gasteiger partial charge in [0, 0.05) is 32.0 Å². The third kappa shape index (κ3) is 4.91. The number of rotatable bonds is 6. The number of carbonyl (C=O) groups is 2. The molecule has 2 amide bonds. The van der Waals surface area contributed by atoms with Gasteiger partial charge < -0.3 is 15.5 Å². The second kappa shape index (κ2) is 7.38. The lowest BCUT2D eigenvalue weighted by Crippen LogP contribution is -2.54. The van der Waals surface area contributed by atoms with Crippen molar-refractivity contribution >= 4 is 27.3 Å². The molecule has 1 unspecified atom stereocenters. The Morgan fingerprint density at radius 3 is 2.68 bits per heavy atom. The second-order valence-electron chi connectivity index (χ2n) is 6.24. The monoisotopic (exact) mass is 371 g/mol. The summed E-state index contributed by atoms with van der Waals surface area (Å²) in [7, 11) is -1.74. The van der Waals surface area contributed by atoms with Gasteiger partial charge in [-0.2, -0.15) is 0 Å². The lowest BCUT2D eigenvalue weighted by Gasteiger charge is -2.30. The maximum absolute atomic E-state index is 13.4. The zero-order valence-electron chi connectivity index (χ0n) is 14.2. The molecule has 7 nitrogen and oxygen atoms in total. The normalized spacial score (nSPS) is 20.4. The molecule has 1 atom stereocenters. The number of nitrogens with zero attached hydrogens (tertiary/aromatic N) is 1. The number of anilines is 1. The molecule has 0 spiro atoms. The number of halogens is 1. The molecule has 0 radical (unpaired) electrons. The first-order valence-electron chi connectivity index (χ1n) is 7.87. The molecular weight excluding hydrogens is 349 g/mol. The first-order valence-corrected chi connectivity index (χ1v) is 9.93. The SMILES string of the molecule is CNC(=O)C1(Nc2cccc(F)c2)CCN(C(=O)CCS(C)(=O)=O)C1. The highest BCUT2D eigenvalue weighted by molar-refractivity contribution is 7.90. The molecule has 2 N–H and O–H groups in total. The number of carbonyl (C=O) groups excluding carboxylic acids is 2. The molecular formula is C16H22FN3O4S. The summed E-state index contributed by atoms with van der Waals surface area (Å²) in [4.78, 5) is 26.1. The average Bonchev–Trinajstić information content (AvgIpc) is 2.96. The molecule has 1 aromatic rings. The molecule has 0 aromatic heterocycles. The van der Waals surface area contributed by atoms with Gasteiger partial charge in [0.1, 0.15) is 21.2 Å². The Bertz CT molecular complexity index is 768. The first kappa shape index (κ1) is 19.2. The van der Waals surface area contributed by atoms with Crippen LogP contribution < -0.4 is 10.6 Å². The van der Waals surface area contributed by atoms with Crippen LogP contribution in [0.2, 0.25) is 0 Å². The highest BCUT2D eigenvalue weighted by atomic mass is 32.2. The van der Waals surface area contributed by atoms with E-state index < -0.39 is 21.2 Å². The van der Waals surface area contributed by atoms with Crippen molar-refractivity contribution in [2.24, 2.45) is 0 Å². The molecule has 1 aliphatic heterocycles. The highest BCUT2D eigenvalue weighted by Crippen LogP contribution is 2.27. The molecule has 1 heterocycles. The Labute approximate surface area is 146 Å². The van der Waals surface area contributed by atoms with Crippen molar-refractivity contribution in [1.82, 2.24) is 10.2 Å². The largest absolute Gasteiger partial charge is 0.370 e. The summed E-state index contributed by atoms with van der Waals surface area (Å²) in [6, 6.07) is 5.74. The fourth-order valence-electron chi connectivity index (χ4n) is 2.88. The Balaban J connectivity index is 2.14. The van der Waals surface area contributed by atoms with E-state index in [-0.39, 0.29) is 30.5 Å². The van der Waals surface area contributed by atoms with Crippen molar-refractivity contribution in [2.45, 2.75) is 18.4 Å². The van der Waals surface area contributed by atoms with Crippen molar-refractivity contribution in [2.75, 3.05) is 37.5 Å². The number of hydrogen-bond donors (Lipinski definition) is 2. The van der Waals surface area contributed by atoms with E-state index in [4.69, 9.17) is 0 Å². The van der Waals surface area contributed by atoms with E-state index >= 15 is 0 Å². The highest BCUT2D eigenvalue weighted by Gasteiger charge is 2.45. The molecule has 25 heavy (non-hydrogen) atoms. The fourth-order valence-corrected chi connectivity index (χ4v) is 3.42. The smallest absolute Gasteiger partial charge is 0.247 e. The van der Waals surface area contributed by atoms with E-state index in [9.17, 15) is 22.4 Å². The summed E-state index contributed by atoms with van der Waals surface area (Å²) in [6.07, 6.45) is 1.29. The standard InChI is InChI=1S/C16H22FN3O4S/c1-18-15(22)16(19-13-5-3-4-12(17)10-13)7-8-20(11-16)14(21)6-9-25(2,23)24/h3-5,10,19H,6-9,11H2,1-2H3,(H,18,22). The van der Waals surface area contributed by atoms with E-state index in [1.54, 1.807) is 6.07 Å². The van der Waals surface area contributed by atoms with Crippen LogP contribution in [-0.2, 0) is 19.4 Å². The molecule has 2 rings (SSSR count). The van der Waals surface area contributed by atoms with Gasteiger partial charge in [-0.05, 0) is 24.6 Å². The number of sulfone groups is 1. The van der Waals surface area contributed by atoms with E-state index in [1.807, 2.05) is 0 Å². The number of benzene rings is 1. The Morgan fingerprint density at radius 2 is 2.08 bits per heavy atom. The minimum Gasteiger partial charge on any atom is -0.370 e. The van der Waals surface area contributed by atoms with Gasteiger partial charge in [-0.25, -0.2) is 12.8 Å². The Morgan fingerprint density at radius 1 is 1.36 bits per heavy atom. The fraction of sp³-hybridized carbons (Fsp3) is 0.500. The third-order valence-electron chi connectivity index (χ3n) is 4.18. The predicted octanol–water partition coefficient (Wildman–Crippen LogP) is 0.389. The summed E-state index contributed by atoms with van der Waals surface area (Å²) in [5.41, 5.74) is -0.641. The lowest BCUT2D eigenvalue weighted by molar-refractivity contribution is -0.130. The zero-order valence-corrected chi connectivity index (χ0v) is 15.0. The van der Waals surface area contributed by atoms with Crippen LogP contribution >= 0.6 is 0 Å². The van der Waals surface area contributed by atoms with E-state index in [0.717, 1.165) is 6.26 Å². The van der Waals surface area contributed by atoms with Gasteiger partial charge in [-0.1, -0.05) is 6.07 Å². The number of likely N-dealkylation sites (tertiary alicyclic amines) is 1. The van der Waals surface area contributed by atoms with Crippen LogP contribution in [0.3, 0.4) is 0 Å². The number of nitrogens with one attached hydrogen (secondary N) is 2. The van der Waals surface area contributed by atoms with Crippen LogP contribution in [0.15, 0.2) is 24.3 Å². The van der Waals surface area contributed by atoms with E-state index in [1.165, 1.54) is 30.1 Å². The Hall–Kier alpha value is -2.16. The van der Waals surface area contributed by atoms with Crippen LogP contribution in [0.1, 0.15) is 12.8 Å². The number of amides is 2. The second-order valence-corrected chi connectivity index (χ2v) is 8.50. The molecule has 138 valence electrons. The summed E-state index contributed by atoms with van der Waals surface area (Å²) >= 11 is 0. The third-order valence-corrected chi connectivity index (χ3v) is 5.12. The quantitative estimate of drug-likeness (QED) is 0.754. The van der Waals surface area contributed by atoms with Gasteiger partial charge in [-0.15, -0.1) is 0 Å². The molecule has 0 aliphatic carbocycles. The van der Waals surface area contributed by atoms with Gasteiger partial charge in [0.25, 0.3) is 0 Å². The van der Waals surface area contributed by atoms with Gasteiger partial charge in [-0.3, -0.25) is 9.59 Å². The summed E-state index contributed by atoms with van der Waals surface area (Å²) in [5.74, 6) is -1.30. The zero-order chi connectivity index (χ0) is 18.7. The predicted molar refractivity (Wildman–Crippen MR) is 92.3 cm³/mol. The topological polar surface area (TPSA) is 95.6 Å². The van der Waals surface area contributed by atoms with Gasteiger partial charge in [0.15, 0.2) is 0 Å². The molecule has 1 aliphatic rings. The number of likely N-dealkylation sites (N-methyl/N-ethyl adjacent to an activating group) is 1.